The lowest BCUT2D eigenvalue weighted by Gasteiger charge is -2.09. The molecule has 0 saturated heterocycles. The van der Waals surface area contributed by atoms with Gasteiger partial charge in [-0.2, -0.15) is 5.10 Å². The molecule has 10 nitrogen and oxygen atoms in total. The second-order valence-corrected chi connectivity index (χ2v) is 7.80. The van der Waals surface area contributed by atoms with E-state index in [9.17, 15) is 9.90 Å². The minimum absolute atomic E-state index is 0.0836. The maximum atomic E-state index is 12.6. The molecule has 4 aromatic rings. The van der Waals surface area contributed by atoms with Gasteiger partial charge in [0.15, 0.2) is 0 Å². The van der Waals surface area contributed by atoms with Gasteiger partial charge in [-0.25, -0.2) is 15.0 Å². The molecule has 3 aromatic heterocycles. The van der Waals surface area contributed by atoms with E-state index < -0.39 is 5.91 Å². The van der Waals surface area contributed by atoms with Gasteiger partial charge in [-0.15, -0.1) is 0 Å². The maximum Gasteiger partial charge on any atom is 0.307 e. The summed E-state index contributed by atoms with van der Waals surface area (Å²) < 4.78 is 7.83. The molecule has 0 bridgehead atoms. The molecule has 0 saturated carbocycles. The third kappa shape index (κ3) is 4.53. The number of halogens is 1. The third-order valence-corrected chi connectivity index (χ3v) is 5.53. The lowest BCUT2D eigenvalue weighted by Crippen LogP contribution is -2.23. The number of oxazole rings is 1. The number of rotatable bonds is 7. The van der Waals surface area contributed by atoms with Gasteiger partial charge in [-0.1, -0.05) is 28.1 Å². The van der Waals surface area contributed by atoms with Crippen molar-refractivity contribution < 1.29 is 14.3 Å². The minimum Gasteiger partial charge on any atom is -0.440 e. The van der Waals surface area contributed by atoms with E-state index in [-0.39, 0.29) is 19.0 Å². The molecule has 0 atom stereocenters. The van der Waals surface area contributed by atoms with Crippen LogP contribution in [0.25, 0.3) is 11.4 Å². The fourth-order valence-electron chi connectivity index (χ4n) is 3.06. The summed E-state index contributed by atoms with van der Waals surface area (Å²) in [5.41, 5.74) is 3.25. The Morgan fingerprint density at radius 3 is 2.88 bits per heavy atom. The molecule has 0 fully saturated rings. The van der Waals surface area contributed by atoms with Gasteiger partial charge in [0.25, 0.3) is 5.89 Å². The van der Waals surface area contributed by atoms with Crippen LogP contribution in [0.3, 0.4) is 0 Å². The summed E-state index contributed by atoms with van der Waals surface area (Å²) in [4.78, 5) is 25.6. The zero-order valence-corrected chi connectivity index (χ0v) is 18.9. The normalized spacial score (nSPS) is 10.9. The highest BCUT2D eigenvalue weighted by molar-refractivity contribution is 9.10. The van der Waals surface area contributed by atoms with Crippen LogP contribution < -0.4 is 10.6 Å². The molecule has 3 N–H and O–H groups in total. The van der Waals surface area contributed by atoms with Crippen molar-refractivity contribution >= 4 is 33.6 Å². The number of aliphatic hydroxyl groups is 1. The van der Waals surface area contributed by atoms with E-state index in [4.69, 9.17) is 4.42 Å². The highest BCUT2D eigenvalue weighted by Crippen LogP contribution is 2.23. The number of aryl methyl sites for hydroxylation is 2. The van der Waals surface area contributed by atoms with E-state index in [0.717, 1.165) is 21.4 Å². The number of aromatic nitrogens is 5. The summed E-state index contributed by atoms with van der Waals surface area (Å²) in [6, 6.07) is 7.30. The topological polar surface area (TPSA) is 131 Å². The molecule has 0 aliphatic heterocycles. The lowest BCUT2D eigenvalue weighted by atomic mass is 10.1. The van der Waals surface area contributed by atoms with Crippen molar-refractivity contribution in [3.05, 3.63) is 70.0 Å². The number of amides is 1. The predicted molar refractivity (Wildman–Crippen MR) is 120 cm³/mol. The van der Waals surface area contributed by atoms with Gasteiger partial charge in [0.2, 0.25) is 5.95 Å². The van der Waals surface area contributed by atoms with Crippen molar-refractivity contribution in [3.8, 4) is 11.4 Å². The van der Waals surface area contributed by atoms with Gasteiger partial charge < -0.3 is 20.2 Å². The second-order valence-electron chi connectivity index (χ2n) is 6.95. The van der Waals surface area contributed by atoms with Crippen LogP contribution in [0.1, 0.15) is 27.4 Å². The maximum absolute atomic E-state index is 12.6. The minimum atomic E-state index is -0.472. The van der Waals surface area contributed by atoms with E-state index in [1.807, 2.05) is 25.1 Å². The Morgan fingerprint density at radius 2 is 2.12 bits per heavy atom. The Labute approximate surface area is 191 Å². The molecule has 0 aliphatic carbocycles. The van der Waals surface area contributed by atoms with Gasteiger partial charge in [-0.3, -0.25) is 9.48 Å². The van der Waals surface area contributed by atoms with Crippen molar-refractivity contribution in [1.82, 2.24) is 30.0 Å². The van der Waals surface area contributed by atoms with Crippen molar-refractivity contribution in [2.24, 2.45) is 7.05 Å². The summed E-state index contributed by atoms with van der Waals surface area (Å²) in [5, 5.41) is 19.5. The van der Waals surface area contributed by atoms with Crippen LogP contribution in [-0.4, -0.2) is 35.7 Å². The average Bonchev–Trinajstić information content (AvgIpc) is 3.43. The number of aliphatic hydroxyl groups excluding tert-OH is 1. The monoisotopic (exact) mass is 497 g/mol. The number of carbonyl (C=O) groups is 1. The van der Waals surface area contributed by atoms with Crippen molar-refractivity contribution in [3.63, 3.8) is 0 Å². The fraction of sp³-hybridized carbons (Fsp3) is 0.190. The molecule has 11 heteroatoms. The second kappa shape index (κ2) is 9.28. The molecule has 4 rings (SSSR count). The van der Waals surface area contributed by atoms with E-state index >= 15 is 0 Å². The number of anilines is 2. The van der Waals surface area contributed by atoms with Crippen LogP contribution in [-0.2, 0) is 20.2 Å². The van der Waals surface area contributed by atoms with Crippen LogP contribution >= 0.6 is 15.9 Å². The lowest BCUT2D eigenvalue weighted by molar-refractivity contribution is 0.0916. The molecule has 0 radical (unpaired) electrons. The first-order chi connectivity index (χ1) is 15.5. The predicted octanol–water partition coefficient (Wildman–Crippen LogP) is 3.10. The van der Waals surface area contributed by atoms with Gasteiger partial charge in [0, 0.05) is 30.3 Å². The van der Waals surface area contributed by atoms with Gasteiger partial charge in [-0.05, 0) is 29.7 Å². The summed E-state index contributed by atoms with van der Waals surface area (Å²) in [6.07, 6.45) is 4.72. The van der Waals surface area contributed by atoms with E-state index in [2.05, 4.69) is 46.6 Å². The average molecular weight is 498 g/mol. The molecule has 1 amide bonds. The molecule has 164 valence electrons. The number of nitrogens with one attached hydrogen (secondary N) is 2. The van der Waals surface area contributed by atoms with E-state index in [1.165, 1.54) is 6.26 Å². The first kappa shape index (κ1) is 21.7. The fourth-order valence-corrected chi connectivity index (χ4v) is 3.59. The molecule has 32 heavy (non-hydrogen) atoms. The number of hydrogen-bond acceptors (Lipinski definition) is 8. The zero-order valence-electron chi connectivity index (χ0n) is 17.3. The SMILES string of the molecule is Cc1cnc(Nc2ccnn2C)nc1-c1coc(C(=O)NCc2cccc(Br)c2CO)n1. The molecule has 3 heterocycles. The van der Waals surface area contributed by atoms with Gasteiger partial charge in [0.05, 0.1) is 12.8 Å². The van der Waals surface area contributed by atoms with Crippen molar-refractivity contribution in [1.29, 1.82) is 0 Å². The van der Waals surface area contributed by atoms with Crippen molar-refractivity contribution in [2.45, 2.75) is 20.1 Å². The Morgan fingerprint density at radius 1 is 1.28 bits per heavy atom. The Balaban J connectivity index is 1.50. The number of nitrogens with zero attached hydrogens (tertiary/aromatic N) is 5. The molecular formula is C21H20BrN7O3. The largest absolute Gasteiger partial charge is 0.440 e. The van der Waals surface area contributed by atoms with Crippen molar-refractivity contribution in [2.75, 3.05) is 5.32 Å². The first-order valence-corrected chi connectivity index (χ1v) is 10.5. The number of benzene rings is 1. The van der Waals surface area contributed by atoms with E-state index in [1.54, 1.807) is 30.2 Å². The molecular weight excluding hydrogens is 478 g/mol. The van der Waals surface area contributed by atoms with E-state index in [0.29, 0.717) is 22.9 Å². The Bertz CT molecular complexity index is 1270. The van der Waals surface area contributed by atoms with Crippen LogP contribution in [0.15, 0.2) is 51.8 Å². The smallest absolute Gasteiger partial charge is 0.307 e. The zero-order chi connectivity index (χ0) is 22.7. The first-order valence-electron chi connectivity index (χ1n) is 9.66. The highest BCUT2D eigenvalue weighted by Gasteiger charge is 2.18. The molecule has 0 aliphatic rings. The number of hydrogen-bond donors (Lipinski definition) is 3. The molecule has 0 unspecified atom stereocenters. The summed E-state index contributed by atoms with van der Waals surface area (Å²) >= 11 is 3.40. The molecule has 1 aromatic carbocycles. The standard InChI is InChI=1S/C21H20BrN7O3/c1-12-8-24-21(27-17-6-7-25-29(17)2)28-18(12)16-11-32-20(26-16)19(31)23-9-13-4-3-5-15(22)14(13)10-30/h3-8,11,30H,9-10H2,1-2H3,(H,23,31)(H,24,27,28). The summed E-state index contributed by atoms with van der Waals surface area (Å²) in [5.74, 6) is 0.545. The van der Waals surface area contributed by atoms with Gasteiger partial charge >= 0.3 is 5.91 Å². The van der Waals surface area contributed by atoms with Crippen LogP contribution in [0.2, 0.25) is 0 Å². The van der Waals surface area contributed by atoms with Crippen LogP contribution in [0.5, 0.6) is 0 Å². The molecule has 0 spiro atoms. The van der Waals surface area contributed by atoms with Crippen LogP contribution in [0.4, 0.5) is 11.8 Å². The van der Waals surface area contributed by atoms with Crippen LogP contribution in [0, 0.1) is 6.92 Å². The van der Waals surface area contributed by atoms with Gasteiger partial charge in [0.1, 0.15) is 23.5 Å². The quantitative estimate of drug-likeness (QED) is 0.354. The summed E-state index contributed by atoms with van der Waals surface area (Å²) in [7, 11) is 1.80. The summed E-state index contributed by atoms with van der Waals surface area (Å²) in [6.45, 7) is 1.93. The third-order valence-electron chi connectivity index (χ3n) is 4.79. The number of carbonyl (C=O) groups excluding carboxylic acids is 1. The Hall–Kier alpha value is -3.57. The highest BCUT2D eigenvalue weighted by atomic mass is 79.9. The Kier molecular flexibility index (Phi) is 6.28.